The second-order valence-electron chi connectivity index (χ2n) is 4.85. The van der Waals surface area contributed by atoms with E-state index in [9.17, 15) is 8.78 Å². The Morgan fingerprint density at radius 3 is 2.43 bits per heavy atom. The van der Waals surface area contributed by atoms with Crippen LogP contribution in [-0.4, -0.2) is 6.54 Å². The largest absolute Gasteiger partial charge is 0.310 e. The lowest BCUT2D eigenvalue weighted by Gasteiger charge is -2.16. The second-order valence-corrected chi connectivity index (χ2v) is 5.63. The Morgan fingerprint density at radius 2 is 1.76 bits per heavy atom. The highest BCUT2D eigenvalue weighted by Crippen LogP contribution is 2.29. The summed E-state index contributed by atoms with van der Waals surface area (Å²) in [5.41, 5.74) is 1.51. The van der Waals surface area contributed by atoms with Gasteiger partial charge in [-0.25, -0.2) is 8.78 Å². The molecule has 1 unspecified atom stereocenters. The van der Waals surface area contributed by atoms with E-state index in [4.69, 9.17) is 23.2 Å². The molecule has 0 aliphatic carbocycles. The number of hydrogen-bond donors (Lipinski definition) is 1. The Morgan fingerprint density at radius 1 is 1.10 bits per heavy atom. The standard InChI is InChI=1S/C16H15Cl2F2N/c1-10(14-3-2-4-15(17)16(14)18)21-6-5-11-7-12(19)9-13(20)8-11/h2-4,7-10,21H,5-6H2,1H3. The van der Waals surface area contributed by atoms with Crippen molar-refractivity contribution in [1.29, 1.82) is 0 Å². The van der Waals surface area contributed by atoms with Crippen LogP contribution in [0.5, 0.6) is 0 Å². The van der Waals surface area contributed by atoms with Crippen molar-refractivity contribution in [3.63, 3.8) is 0 Å². The summed E-state index contributed by atoms with van der Waals surface area (Å²) in [6, 6.07) is 9.00. The molecule has 0 saturated heterocycles. The Hall–Kier alpha value is -1.16. The first-order valence-corrected chi connectivity index (χ1v) is 7.35. The minimum atomic E-state index is -0.559. The summed E-state index contributed by atoms with van der Waals surface area (Å²) in [6.45, 7) is 2.54. The quantitative estimate of drug-likeness (QED) is 0.798. The third-order valence-electron chi connectivity index (χ3n) is 3.23. The van der Waals surface area contributed by atoms with Gasteiger partial charge in [0.2, 0.25) is 0 Å². The van der Waals surface area contributed by atoms with Crippen molar-refractivity contribution in [3.8, 4) is 0 Å². The topological polar surface area (TPSA) is 12.0 Å². The molecule has 21 heavy (non-hydrogen) atoms. The number of halogens is 4. The van der Waals surface area contributed by atoms with Crippen molar-refractivity contribution in [3.05, 3.63) is 69.2 Å². The maximum atomic E-state index is 13.1. The number of rotatable bonds is 5. The molecule has 0 aliphatic heterocycles. The Bertz CT molecular complexity index is 611. The zero-order valence-electron chi connectivity index (χ0n) is 11.5. The molecule has 2 aromatic rings. The highest BCUT2D eigenvalue weighted by Gasteiger charge is 2.11. The van der Waals surface area contributed by atoms with Gasteiger partial charge in [-0.15, -0.1) is 0 Å². The Kier molecular flexibility index (Phi) is 5.57. The first kappa shape index (κ1) is 16.2. The number of nitrogens with one attached hydrogen (secondary N) is 1. The van der Waals surface area contributed by atoms with Gasteiger partial charge in [0.15, 0.2) is 0 Å². The van der Waals surface area contributed by atoms with Gasteiger partial charge in [0, 0.05) is 12.1 Å². The molecule has 0 aliphatic rings. The summed E-state index contributed by atoms with van der Waals surface area (Å²) < 4.78 is 26.2. The van der Waals surface area contributed by atoms with Crippen LogP contribution >= 0.6 is 23.2 Å². The molecule has 2 aromatic carbocycles. The molecule has 0 spiro atoms. The Labute approximate surface area is 132 Å². The van der Waals surface area contributed by atoms with Crippen LogP contribution in [-0.2, 0) is 6.42 Å². The van der Waals surface area contributed by atoms with E-state index in [1.807, 2.05) is 19.1 Å². The first-order chi connectivity index (χ1) is 9.97. The van der Waals surface area contributed by atoms with E-state index >= 15 is 0 Å². The zero-order valence-corrected chi connectivity index (χ0v) is 13.0. The van der Waals surface area contributed by atoms with Crippen molar-refractivity contribution in [2.45, 2.75) is 19.4 Å². The lowest BCUT2D eigenvalue weighted by atomic mass is 10.1. The van der Waals surface area contributed by atoms with E-state index in [1.54, 1.807) is 6.07 Å². The zero-order chi connectivity index (χ0) is 15.4. The molecular formula is C16H15Cl2F2N. The smallest absolute Gasteiger partial charge is 0.126 e. The van der Waals surface area contributed by atoms with Crippen LogP contribution in [0.15, 0.2) is 36.4 Å². The van der Waals surface area contributed by atoms with E-state index < -0.39 is 11.6 Å². The number of hydrogen-bond acceptors (Lipinski definition) is 1. The van der Waals surface area contributed by atoms with Gasteiger partial charge in [0.05, 0.1) is 10.0 Å². The van der Waals surface area contributed by atoms with Crippen LogP contribution in [0, 0.1) is 11.6 Å². The van der Waals surface area contributed by atoms with Crippen LogP contribution in [0.2, 0.25) is 10.0 Å². The van der Waals surface area contributed by atoms with Crippen LogP contribution in [0.3, 0.4) is 0 Å². The summed E-state index contributed by atoms with van der Waals surface area (Å²) in [6.07, 6.45) is 0.525. The minimum Gasteiger partial charge on any atom is -0.310 e. The van der Waals surface area contributed by atoms with E-state index in [-0.39, 0.29) is 6.04 Å². The van der Waals surface area contributed by atoms with E-state index in [1.165, 1.54) is 12.1 Å². The SMILES string of the molecule is CC(NCCc1cc(F)cc(F)c1)c1cccc(Cl)c1Cl. The molecule has 0 radical (unpaired) electrons. The predicted octanol–water partition coefficient (Wildman–Crippen LogP) is 5.16. The van der Waals surface area contributed by atoms with E-state index in [0.29, 0.717) is 28.6 Å². The first-order valence-electron chi connectivity index (χ1n) is 6.59. The molecule has 0 saturated carbocycles. The highest BCUT2D eigenvalue weighted by atomic mass is 35.5. The normalized spacial score (nSPS) is 12.4. The summed E-state index contributed by atoms with van der Waals surface area (Å²) in [4.78, 5) is 0. The lowest BCUT2D eigenvalue weighted by Crippen LogP contribution is -2.21. The number of benzene rings is 2. The fraction of sp³-hybridized carbons (Fsp3) is 0.250. The monoisotopic (exact) mass is 329 g/mol. The third-order valence-corrected chi connectivity index (χ3v) is 4.07. The molecule has 0 heterocycles. The Balaban J connectivity index is 1.95. The van der Waals surface area contributed by atoms with Gasteiger partial charge in [0.1, 0.15) is 11.6 Å². The maximum Gasteiger partial charge on any atom is 0.126 e. The second kappa shape index (κ2) is 7.21. The van der Waals surface area contributed by atoms with Crippen molar-refractivity contribution in [2.75, 3.05) is 6.54 Å². The van der Waals surface area contributed by atoms with E-state index in [2.05, 4.69) is 5.32 Å². The molecule has 0 bridgehead atoms. The van der Waals surface area contributed by atoms with Crippen LogP contribution in [0.25, 0.3) is 0 Å². The van der Waals surface area contributed by atoms with Crippen molar-refractivity contribution in [1.82, 2.24) is 5.32 Å². The average Bonchev–Trinajstić information content (AvgIpc) is 2.40. The summed E-state index contributed by atoms with van der Waals surface area (Å²) in [5, 5.41) is 4.30. The van der Waals surface area contributed by atoms with Crippen molar-refractivity contribution in [2.24, 2.45) is 0 Å². The van der Waals surface area contributed by atoms with Crippen LogP contribution in [0.1, 0.15) is 24.1 Å². The minimum absolute atomic E-state index is 0.00499. The summed E-state index contributed by atoms with van der Waals surface area (Å²) in [5.74, 6) is -1.12. The van der Waals surface area contributed by atoms with Gasteiger partial charge in [-0.05, 0) is 49.2 Å². The van der Waals surface area contributed by atoms with E-state index in [0.717, 1.165) is 11.6 Å². The molecule has 112 valence electrons. The maximum absolute atomic E-state index is 13.1. The molecule has 5 heteroatoms. The van der Waals surface area contributed by atoms with Crippen molar-refractivity contribution >= 4 is 23.2 Å². The molecule has 0 fully saturated rings. The fourth-order valence-electron chi connectivity index (χ4n) is 2.15. The van der Waals surface area contributed by atoms with Crippen LogP contribution < -0.4 is 5.32 Å². The molecular weight excluding hydrogens is 315 g/mol. The molecule has 1 atom stereocenters. The molecule has 1 nitrogen and oxygen atoms in total. The highest BCUT2D eigenvalue weighted by molar-refractivity contribution is 6.42. The van der Waals surface area contributed by atoms with Gasteiger partial charge in [-0.3, -0.25) is 0 Å². The van der Waals surface area contributed by atoms with Crippen LogP contribution in [0.4, 0.5) is 8.78 Å². The lowest BCUT2D eigenvalue weighted by molar-refractivity contribution is 0.563. The van der Waals surface area contributed by atoms with Gasteiger partial charge in [0.25, 0.3) is 0 Å². The average molecular weight is 330 g/mol. The molecule has 0 amide bonds. The van der Waals surface area contributed by atoms with Gasteiger partial charge in [-0.2, -0.15) is 0 Å². The van der Waals surface area contributed by atoms with Gasteiger partial charge < -0.3 is 5.32 Å². The van der Waals surface area contributed by atoms with Gasteiger partial charge >= 0.3 is 0 Å². The molecule has 2 rings (SSSR count). The van der Waals surface area contributed by atoms with Crippen molar-refractivity contribution < 1.29 is 8.78 Å². The molecule has 1 N–H and O–H groups in total. The predicted molar refractivity (Wildman–Crippen MR) is 82.9 cm³/mol. The van der Waals surface area contributed by atoms with Gasteiger partial charge in [-0.1, -0.05) is 35.3 Å². The summed E-state index contributed by atoms with van der Waals surface area (Å²) >= 11 is 12.1. The molecule has 0 aromatic heterocycles. The fourth-order valence-corrected chi connectivity index (χ4v) is 2.62. The summed E-state index contributed by atoms with van der Waals surface area (Å²) in [7, 11) is 0. The third kappa shape index (κ3) is 4.40.